The molecule has 2 rings (SSSR count). The number of hydrogen-bond acceptors (Lipinski definition) is 5. The maximum absolute atomic E-state index is 9.57. The second kappa shape index (κ2) is 4.29. The maximum atomic E-state index is 9.57. The number of aromatic nitrogens is 3. The molecule has 0 radical (unpaired) electrons. The molecule has 6 heteroatoms. The van der Waals surface area contributed by atoms with Crippen molar-refractivity contribution in [2.24, 2.45) is 5.92 Å². The van der Waals surface area contributed by atoms with Crippen molar-refractivity contribution in [1.82, 2.24) is 15.2 Å². The van der Waals surface area contributed by atoms with Crippen LogP contribution in [-0.2, 0) is 0 Å². The first-order chi connectivity index (χ1) is 7.63. The number of H-pyrrole nitrogens is 1. The van der Waals surface area contributed by atoms with E-state index in [1.165, 1.54) is 6.42 Å². The molecule has 0 amide bonds. The van der Waals surface area contributed by atoms with Gasteiger partial charge in [0.1, 0.15) is 0 Å². The molecule has 0 saturated heterocycles. The van der Waals surface area contributed by atoms with Gasteiger partial charge in [0, 0.05) is 0 Å². The fraction of sp³-hybridized carbons (Fsp3) is 0.800. The largest absolute Gasteiger partial charge is 0.394 e. The lowest BCUT2D eigenvalue weighted by Gasteiger charge is -2.39. The van der Waals surface area contributed by atoms with Gasteiger partial charge in [0.15, 0.2) is 0 Å². The number of aliphatic hydroxyl groups excluding tert-OH is 1. The number of aliphatic hydroxyl groups is 1. The average Bonchev–Trinajstić information content (AvgIpc) is 2.64. The van der Waals surface area contributed by atoms with Crippen molar-refractivity contribution < 1.29 is 5.11 Å². The summed E-state index contributed by atoms with van der Waals surface area (Å²) in [5.74, 6) is 1.38. The third-order valence-electron chi connectivity index (χ3n) is 3.27. The minimum absolute atomic E-state index is 0.103. The van der Waals surface area contributed by atoms with E-state index >= 15 is 0 Å². The number of nitrogens with zero attached hydrogens (tertiary/aromatic N) is 2. The van der Waals surface area contributed by atoms with Crippen molar-refractivity contribution in [2.75, 3.05) is 17.7 Å². The molecule has 0 aromatic carbocycles. The van der Waals surface area contributed by atoms with E-state index in [0.717, 1.165) is 19.3 Å². The van der Waals surface area contributed by atoms with Gasteiger partial charge < -0.3 is 16.2 Å². The highest BCUT2D eigenvalue weighted by Crippen LogP contribution is 2.34. The summed E-state index contributed by atoms with van der Waals surface area (Å²) in [6, 6.07) is 0. The van der Waals surface area contributed by atoms with Crippen molar-refractivity contribution in [2.45, 2.75) is 38.1 Å². The predicted molar refractivity (Wildman–Crippen MR) is 61.9 cm³/mol. The lowest BCUT2D eigenvalue weighted by Crippen LogP contribution is -2.46. The van der Waals surface area contributed by atoms with E-state index in [1.807, 2.05) is 0 Å². The van der Waals surface area contributed by atoms with Crippen LogP contribution in [0.2, 0.25) is 0 Å². The summed E-state index contributed by atoms with van der Waals surface area (Å²) in [6.45, 7) is 2.31. The summed E-state index contributed by atoms with van der Waals surface area (Å²) in [5.41, 5.74) is 5.18. The molecule has 16 heavy (non-hydrogen) atoms. The first-order valence-corrected chi connectivity index (χ1v) is 5.70. The molecule has 5 N–H and O–H groups in total. The van der Waals surface area contributed by atoms with Crippen LogP contribution in [0.4, 0.5) is 11.9 Å². The molecule has 0 spiro atoms. The summed E-state index contributed by atoms with van der Waals surface area (Å²) >= 11 is 0. The van der Waals surface area contributed by atoms with E-state index < -0.39 is 0 Å². The molecule has 2 unspecified atom stereocenters. The van der Waals surface area contributed by atoms with Gasteiger partial charge in [0.2, 0.25) is 11.9 Å². The van der Waals surface area contributed by atoms with E-state index in [9.17, 15) is 5.11 Å². The summed E-state index contributed by atoms with van der Waals surface area (Å²) < 4.78 is 0. The minimum Gasteiger partial charge on any atom is -0.394 e. The average molecular weight is 225 g/mol. The molecule has 0 aliphatic heterocycles. The van der Waals surface area contributed by atoms with Gasteiger partial charge in [-0.25, -0.2) is 5.10 Å². The smallest absolute Gasteiger partial charge is 0.244 e. The van der Waals surface area contributed by atoms with Crippen molar-refractivity contribution in [3.63, 3.8) is 0 Å². The summed E-state index contributed by atoms with van der Waals surface area (Å²) in [6.07, 6.45) is 4.23. The number of hydrogen-bond donors (Lipinski definition) is 4. The fourth-order valence-corrected chi connectivity index (χ4v) is 2.52. The maximum Gasteiger partial charge on any atom is 0.244 e. The molecule has 1 fully saturated rings. The molecule has 0 bridgehead atoms. The van der Waals surface area contributed by atoms with Gasteiger partial charge in [-0.15, -0.1) is 5.10 Å². The van der Waals surface area contributed by atoms with Gasteiger partial charge >= 0.3 is 0 Å². The standard InChI is InChI=1S/C10H19N5O/c1-7-3-2-4-10(5-7,6-16)13-9-12-8(11)14-15-9/h7,16H,2-6H2,1H3,(H4,11,12,13,14,15). The highest BCUT2D eigenvalue weighted by molar-refractivity contribution is 5.33. The molecule has 6 nitrogen and oxygen atoms in total. The van der Waals surface area contributed by atoms with Crippen molar-refractivity contribution in [3.8, 4) is 0 Å². The monoisotopic (exact) mass is 225 g/mol. The molecule has 1 aliphatic rings. The molecule has 2 atom stereocenters. The Hall–Kier alpha value is -1.30. The van der Waals surface area contributed by atoms with Crippen LogP contribution in [0, 0.1) is 5.92 Å². The molecule has 1 aromatic heterocycles. The number of rotatable bonds is 3. The minimum atomic E-state index is -0.285. The second-order valence-electron chi connectivity index (χ2n) is 4.81. The van der Waals surface area contributed by atoms with Gasteiger partial charge in [-0.3, -0.25) is 0 Å². The number of nitrogens with one attached hydrogen (secondary N) is 2. The Labute approximate surface area is 94.6 Å². The quantitative estimate of drug-likeness (QED) is 0.608. The molecule has 90 valence electrons. The van der Waals surface area contributed by atoms with E-state index in [0.29, 0.717) is 17.8 Å². The van der Waals surface area contributed by atoms with Crippen LogP contribution in [0.3, 0.4) is 0 Å². The topological polar surface area (TPSA) is 99.8 Å². The van der Waals surface area contributed by atoms with Crippen molar-refractivity contribution in [3.05, 3.63) is 0 Å². The Kier molecular flexibility index (Phi) is 3.00. The first kappa shape index (κ1) is 11.2. The van der Waals surface area contributed by atoms with Crippen molar-refractivity contribution >= 4 is 11.9 Å². The third kappa shape index (κ3) is 2.27. The third-order valence-corrected chi connectivity index (χ3v) is 3.27. The highest BCUT2D eigenvalue weighted by atomic mass is 16.3. The zero-order chi connectivity index (χ0) is 11.6. The van der Waals surface area contributed by atoms with E-state index in [-0.39, 0.29) is 12.1 Å². The van der Waals surface area contributed by atoms with Crippen LogP contribution >= 0.6 is 0 Å². The fourth-order valence-electron chi connectivity index (χ4n) is 2.52. The summed E-state index contributed by atoms with van der Waals surface area (Å²) in [5, 5.41) is 19.3. The molecule has 1 aliphatic carbocycles. The molecule has 1 saturated carbocycles. The second-order valence-corrected chi connectivity index (χ2v) is 4.81. The lowest BCUT2D eigenvalue weighted by molar-refractivity contribution is 0.149. The van der Waals surface area contributed by atoms with Crippen LogP contribution in [-0.4, -0.2) is 32.4 Å². The summed E-state index contributed by atoms with van der Waals surface area (Å²) in [4.78, 5) is 4.01. The predicted octanol–water partition coefficient (Wildman–Crippen LogP) is 0.740. The Bertz CT molecular complexity index is 353. The first-order valence-electron chi connectivity index (χ1n) is 5.70. The van der Waals surface area contributed by atoms with Crippen molar-refractivity contribution in [1.29, 1.82) is 0 Å². The Morgan fingerprint density at radius 3 is 3.06 bits per heavy atom. The Morgan fingerprint density at radius 1 is 1.69 bits per heavy atom. The van der Waals surface area contributed by atoms with Gasteiger partial charge in [-0.2, -0.15) is 4.98 Å². The van der Waals surface area contributed by atoms with Gasteiger partial charge in [0.05, 0.1) is 12.1 Å². The molecular weight excluding hydrogens is 206 g/mol. The van der Waals surface area contributed by atoms with Crippen LogP contribution < -0.4 is 11.1 Å². The van der Waals surface area contributed by atoms with Crippen LogP contribution in [0.5, 0.6) is 0 Å². The number of aromatic amines is 1. The van der Waals surface area contributed by atoms with E-state index in [4.69, 9.17) is 5.73 Å². The number of anilines is 2. The van der Waals surface area contributed by atoms with E-state index in [2.05, 4.69) is 27.4 Å². The summed E-state index contributed by atoms with van der Waals surface area (Å²) in [7, 11) is 0. The zero-order valence-corrected chi connectivity index (χ0v) is 9.53. The molecule has 1 aromatic rings. The van der Waals surface area contributed by atoms with Gasteiger partial charge in [-0.05, 0) is 18.8 Å². The molecular formula is C10H19N5O. The Balaban J connectivity index is 2.09. The van der Waals surface area contributed by atoms with Gasteiger partial charge in [0.25, 0.3) is 0 Å². The SMILES string of the molecule is CC1CCCC(CO)(Nc2n[nH]c(N)n2)C1. The molecule has 1 heterocycles. The highest BCUT2D eigenvalue weighted by Gasteiger charge is 2.35. The van der Waals surface area contributed by atoms with Gasteiger partial charge in [-0.1, -0.05) is 19.8 Å². The van der Waals surface area contributed by atoms with Crippen LogP contribution in [0.25, 0.3) is 0 Å². The van der Waals surface area contributed by atoms with E-state index in [1.54, 1.807) is 0 Å². The Morgan fingerprint density at radius 2 is 2.50 bits per heavy atom. The van der Waals surface area contributed by atoms with Crippen LogP contribution in [0.15, 0.2) is 0 Å². The lowest BCUT2D eigenvalue weighted by atomic mass is 9.77. The zero-order valence-electron chi connectivity index (χ0n) is 9.53. The number of nitrogens with two attached hydrogens (primary N) is 1. The van der Waals surface area contributed by atoms with Crippen LogP contribution in [0.1, 0.15) is 32.6 Å². The number of nitrogen functional groups attached to an aromatic ring is 1. The normalized spacial score (nSPS) is 30.2.